The first-order valence-electron chi connectivity index (χ1n) is 4.32. The maximum Gasteiger partial charge on any atom is 0.417 e. The summed E-state index contributed by atoms with van der Waals surface area (Å²) in [4.78, 5) is 0. The molecule has 0 spiro atoms. The Balaban J connectivity index is 3.36. The summed E-state index contributed by atoms with van der Waals surface area (Å²) in [7, 11) is 0. The highest BCUT2D eigenvalue weighted by Crippen LogP contribution is 2.33. The fourth-order valence-electron chi connectivity index (χ4n) is 1.19. The van der Waals surface area contributed by atoms with E-state index in [2.05, 4.69) is 5.92 Å². The molecule has 1 rings (SSSR count). The van der Waals surface area contributed by atoms with Gasteiger partial charge in [-0.2, -0.15) is 18.4 Å². The van der Waals surface area contributed by atoms with Crippen molar-refractivity contribution in [1.29, 1.82) is 5.26 Å². The molecule has 0 saturated heterocycles. The van der Waals surface area contributed by atoms with Gasteiger partial charge in [0.15, 0.2) is 0 Å². The molecule has 0 N–H and O–H groups in total. The van der Waals surface area contributed by atoms with Crippen LogP contribution in [0.1, 0.15) is 23.6 Å². The number of hydrogen-bond donors (Lipinski definition) is 0. The van der Waals surface area contributed by atoms with Gasteiger partial charge in [-0.05, 0) is 24.6 Å². The van der Waals surface area contributed by atoms with Gasteiger partial charge in [-0.1, -0.05) is 12.0 Å². The molecule has 0 unspecified atom stereocenters. The van der Waals surface area contributed by atoms with Gasteiger partial charge in [-0.15, -0.1) is 6.42 Å². The molecule has 1 nitrogen and oxygen atoms in total. The number of nitrogens with zero attached hydrogens (tertiary/aromatic N) is 1. The van der Waals surface area contributed by atoms with Gasteiger partial charge in [0, 0.05) is 0 Å². The molecule has 0 heterocycles. The Morgan fingerprint density at radius 3 is 2.44 bits per heavy atom. The van der Waals surface area contributed by atoms with Crippen molar-refractivity contribution in [3.63, 3.8) is 0 Å². The van der Waals surface area contributed by atoms with Crippen molar-refractivity contribution in [3.05, 3.63) is 40.8 Å². The molecule has 0 aliphatic carbocycles. The average Bonchev–Trinajstić information content (AvgIpc) is 2.26. The minimum Gasteiger partial charge on any atom is -0.192 e. The molecular weight excluding hydrogens is 215 g/mol. The zero-order valence-electron chi connectivity index (χ0n) is 8.39. The van der Waals surface area contributed by atoms with Crippen molar-refractivity contribution in [2.24, 2.45) is 0 Å². The first kappa shape index (κ1) is 12.1. The molecule has 1 aromatic rings. The van der Waals surface area contributed by atoms with Crippen LogP contribution < -0.4 is 0 Å². The Kier molecular flexibility index (Phi) is 3.25. The van der Waals surface area contributed by atoms with Crippen LogP contribution in [0.15, 0.2) is 18.2 Å². The normalized spacial score (nSPS) is 10.9. The average molecular weight is 222 g/mol. The minimum atomic E-state index is -4.55. The van der Waals surface area contributed by atoms with Crippen LogP contribution in [0, 0.1) is 29.6 Å². The molecule has 4 heteroatoms. The summed E-state index contributed by atoms with van der Waals surface area (Å²) in [6.07, 6.45) is 0.555. The van der Waals surface area contributed by atoms with Crippen LogP contribution in [0.2, 0.25) is 0 Å². The summed E-state index contributed by atoms with van der Waals surface area (Å²) in [5, 5.41) is 8.57. The van der Waals surface area contributed by atoms with Gasteiger partial charge >= 0.3 is 6.18 Å². The van der Waals surface area contributed by atoms with Gasteiger partial charge in [0.25, 0.3) is 0 Å². The molecule has 16 heavy (non-hydrogen) atoms. The van der Waals surface area contributed by atoms with Crippen LogP contribution in [0.25, 0.3) is 0 Å². The number of halogens is 3. The van der Waals surface area contributed by atoms with Gasteiger partial charge in [-0.3, -0.25) is 0 Å². The zero-order valence-corrected chi connectivity index (χ0v) is 8.39. The summed E-state index contributed by atoms with van der Waals surface area (Å²) in [5.41, 5.74) is -1.06. The van der Waals surface area contributed by atoms with Crippen LogP contribution in [-0.2, 0) is 6.18 Å². The van der Waals surface area contributed by atoms with Crippen LogP contribution in [0.5, 0.6) is 0 Å². The van der Waals surface area contributed by atoms with E-state index < -0.39 is 17.3 Å². The lowest BCUT2D eigenvalue weighted by atomic mass is 9.97. The second kappa shape index (κ2) is 4.28. The van der Waals surface area contributed by atoms with E-state index in [9.17, 15) is 13.2 Å². The Bertz CT molecular complexity index is 475. The zero-order chi connectivity index (χ0) is 12.3. The maximum absolute atomic E-state index is 12.6. The van der Waals surface area contributed by atoms with Gasteiger partial charge in [0.1, 0.15) is 0 Å². The summed E-state index contributed by atoms with van der Waals surface area (Å²) in [5.74, 6) is 2.66. The molecule has 1 aromatic carbocycles. The number of terminal acetylenes is 1. The van der Waals surface area contributed by atoms with Gasteiger partial charge in [-0.25, -0.2) is 0 Å². The van der Waals surface area contributed by atoms with Gasteiger partial charge in [0.05, 0.1) is 23.1 Å². The van der Waals surface area contributed by atoms with Crippen molar-refractivity contribution < 1.29 is 13.2 Å². The number of rotatable bonds is 1. The number of benzene rings is 1. The van der Waals surface area contributed by atoms with Crippen molar-refractivity contribution in [1.82, 2.24) is 0 Å². The van der Waals surface area contributed by atoms with E-state index in [1.54, 1.807) is 6.92 Å². The smallest absolute Gasteiger partial charge is 0.192 e. The first-order chi connectivity index (χ1) is 7.40. The second-order valence-corrected chi connectivity index (χ2v) is 3.14. The lowest BCUT2D eigenvalue weighted by Gasteiger charge is -2.11. The number of alkyl halides is 3. The Labute approximate surface area is 91.5 Å². The van der Waals surface area contributed by atoms with Crippen molar-refractivity contribution in [2.45, 2.75) is 13.1 Å². The van der Waals surface area contributed by atoms with Crippen molar-refractivity contribution >= 4 is 0 Å². The van der Waals surface area contributed by atoms with E-state index in [0.717, 1.165) is 12.1 Å². The highest BCUT2D eigenvalue weighted by atomic mass is 19.4. The molecule has 0 aromatic heterocycles. The quantitative estimate of drug-likeness (QED) is 0.669. The second-order valence-electron chi connectivity index (χ2n) is 3.14. The Morgan fingerprint density at radius 2 is 2.00 bits per heavy atom. The lowest BCUT2D eigenvalue weighted by Crippen LogP contribution is -2.09. The first-order valence-corrected chi connectivity index (χ1v) is 4.32. The molecule has 0 atom stereocenters. The predicted octanol–water partition coefficient (Wildman–Crippen LogP) is 3.15. The molecule has 0 amide bonds. The standard InChI is InChI=1S/C12H7F3N/c1-3-8(2)9-4-5-10(7-16)11(6-9)12(13,14)15/h1,4-6H,2H3. The highest BCUT2D eigenvalue weighted by molar-refractivity contribution is 5.48. The van der Waals surface area contributed by atoms with E-state index in [1.807, 2.05) is 0 Å². The fourth-order valence-corrected chi connectivity index (χ4v) is 1.19. The molecule has 0 saturated carbocycles. The van der Waals surface area contributed by atoms with Gasteiger partial charge in [0.2, 0.25) is 0 Å². The molecule has 1 radical (unpaired) electrons. The third-order valence-corrected chi connectivity index (χ3v) is 2.09. The largest absolute Gasteiger partial charge is 0.417 e. The number of nitriles is 1. The third-order valence-electron chi connectivity index (χ3n) is 2.09. The van der Waals surface area contributed by atoms with Crippen LogP contribution in [-0.4, -0.2) is 0 Å². The van der Waals surface area contributed by atoms with Crippen molar-refractivity contribution in [3.8, 4) is 18.4 Å². The Hall–Kier alpha value is -1.94. The van der Waals surface area contributed by atoms with E-state index in [0.29, 0.717) is 11.5 Å². The highest BCUT2D eigenvalue weighted by Gasteiger charge is 2.34. The van der Waals surface area contributed by atoms with Crippen LogP contribution in [0.4, 0.5) is 13.2 Å². The summed E-state index contributed by atoms with van der Waals surface area (Å²) in [6, 6.07) is 4.93. The van der Waals surface area contributed by atoms with E-state index >= 15 is 0 Å². The van der Waals surface area contributed by atoms with E-state index in [1.165, 1.54) is 12.1 Å². The summed E-state index contributed by atoms with van der Waals surface area (Å²) in [6.45, 7) is 1.54. The van der Waals surface area contributed by atoms with Gasteiger partial charge < -0.3 is 0 Å². The monoisotopic (exact) mass is 222 g/mol. The lowest BCUT2D eigenvalue weighted by molar-refractivity contribution is -0.137. The molecule has 0 fully saturated rings. The molecule has 0 aliphatic rings. The fraction of sp³-hybridized carbons (Fsp3) is 0.167. The summed E-state index contributed by atoms with van der Waals surface area (Å²) >= 11 is 0. The molecule has 81 valence electrons. The van der Waals surface area contributed by atoms with Crippen LogP contribution in [0.3, 0.4) is 0 Å². The Morgan fingerprint density at radius 1 is 1.38 bits per heavy atom. The third kappa shape index (κ3) is 2.35. The summed E-state index contributed by atoms with van der Waals surface area (Å²) < 4.78 is 37.7. The van der Waals surface area contributed by atoms with Crippen LogP contribution >= 0.6 is 0 Å². The van der Waals surface area contributed by atoms with E-state index in [4.69, 9.17) is 11.7 Å². The number of hydrogen-bond acceptors (Lipinski definition) is 1. The van der Waals surface area contributed by atoms with Crippen molar-refractivity contribution in [2.75, 3.05) is 0 Å². The molecular formula is C12H7F3N. The maximum atomic E-state index is 12.6. The predicted molar refractivity (Wildman–Crippen MR) is 53.0 cm³/mol. The minimum absolute atomic E-state index is 0.300. The molecule has 0 bridgehead atoms. The molecule has 0 aliphatic heterocycles. The van der Waals surface area contributed by atoms with E-state index in [-0.39, 0.29) is 0 Å². The topological polar surface area (TPSA) is 23.8 Å². The SMILES string of the molecule is C#C[C](C)c1ccc(C#N)c(C(F)(F)F)c1.